The fourth-order valence-corrected chi connectivity index (χ4v) is 2.76. The van der Waals surface area contributed by atoms with Crippen molar-refractivity contribution in [3.63, 3.8) is 0 Å². The molecule has 0 heterocycles. The lowest BCUT2D eigenvalue weighted by Gasteiger charge is -2.33. The van der Waals surface area contributed by atoms with E-state index in [9.17, 15) is 0 Å². The number of benzene rings is 1. The van der Waals surface area contributed by atoms with Gasteiger partial charge in [-0.05, 0) is 50.3 Å². The van der Waals surface area contributed by atoms with Gasteiger partial charge in [-0.1, -0.05) is 24.1 Å². The molecular weight excluding hydrogens is 244 g/mol. The highest BCUT2D eigenvalue weighted by molar-refractivity contribution is 6.33. The summed E-state index contributed by atoms with van der Waals surface area (Å²) in [5, 5.41) is 0.825. The molecule has 0 unspecified atom stereocenters. The first-order valence-corrected chi connectivity index (χ1v) is 7.29. The normalized spacial score (nSPS) is 17.3. The third kappa shape index (κ3) is 2.99. The van der Waals surface area contributed by atoms with Gasteiger partial charge in [-0.3, -0.25) is 0 Å². The standard InChI is InChI=1S/C15H23ClN2/c1-3-18(10-12-5-4-6-12)15-8-7-13(11(2)17)9-14(15)16/h7-9,11-12H,3-6,10,17H2,1-2H3/t11-/m1/s1. The topological polar surface area (TPSA) is 29.3 Å². The minimum atomic E-state index is 0.0401. The monoisotopic (exact) mass is 266 g/mol. The Kier molecular flexibility index (Phi) is 4.52. The van der Waals surface area contributed by atoms with E-state index in [1.165, 1.54) is 19.3 Å². The first-order valence-electron chi connectivity index (χ1n) is 6.91. The van der Waals surface area contributed by atoms with Crippen molar-refractivity contribution in [3.05, 3.63) is 28.8 Å². The van der Waals surface area contributed by atoms with E-state index in [0.717, 1.165) is 35.3 Å². The van der Waals surface area contributed by atoms with Crippen molar-refractivity contribution in [1.82, 2.24) is 0 Å². The van der Waals surface area contributed by atoms with Crippen LogP contribution in [0.3, 0.4) is 0 Å². The quantitative estimate of drug-likeness (QED) is 0.873. The SMILES string of the molecule is CCN(CC1CCC1)c1ccc([C@@H](C)N)cc1Cl. The molecule has 1 saturated carbocycles. The lowest BCUT2D eigenvalue weighted by molar-refractivity contribution is 0.318. The van der Waals surface area contributed by atoms with E-state index in [1.807, 2.05) is 13.0 Å². The predicted octanol–water partition coefficient (Wildman–Crippen LogP) is 3.99. The summed E-state index contributed by atoms with van der Waals surface area (Å²) in [6.07, 6.45) is 4.12. The van der Waals surface area contributed by atoms with Gasteiger partial charge in [0.1, 0.15) is 0 Å². The zero-order valence-electron chi connectivity index (χ0n) is 11.3. The van der Waals surface area contributed by atoms with Crippen LogP contribution in [-0.4, -0.2) is 13.1 Å². The summed E-state index contributed by atoms with van der Waals surface area (Å²) in [6, 6.07) is 6.25. The summed E-state index contributed by atoms with van der Waals surface area (Å²) in [5.41, 5.74) is 8.13. The maximum atomic E-state index is 6.39. The van der Waals surface area contributed by atoms with E-state index in [-0.39, 0.29) is 6.04 Å². The second-order valence-corrected chi connectivity index (χ2v) is 5.74. The largest absolute Gasteiger partial charge is 0.370 e. The van der Waals surface area contributed by atoms with Gasteiger partial charge in [0.25, 0.3) is 0 Å². The van der Waals surface area contributed by atoms with Crippen LogP contribution in [0.4, 0.5) is 5.69 Å². The van der Waals surface area contributed by atoms with Gasteiger partial charge in [0, 0.05) is 19.1 Å². The molecule has 0 spiro atoms. The third-order valence-corrected chi connectivity index (χ3v) is 4.23. The molecule has 2 nitrogen and oxygen atoms in total. The van der Waals surface area contributed by atoms with Gasteiger partial charge in [-0.25, -0.2) is 0 Å². The molecule has 3 heteroatoms. The summed E-state index contributed by atoms with van der Waals surface area (Å²) < 4.78 is 0. The Labute approximate surface area is 115 Å². The van der Waals surface area contributed by atoms with E-state index < -0.39 is 0 Å². The molecule has 100 valence electrons. The lowest BCUT2D eigenvalue weighted by atomic mass is 9.85. The van der Waals surface area contributed by atoms with Gasteiger partial charge in [0.05, 0.1) is 10.7 Å². The van der Waals surface area contributed by atoms with Crippen molar-refractivity contribution < 1.29 is 0 Å². The number of hydrogen-bond donors (Lipinski definition) is 1. The Morgan fingerprint density at radius 1 is 1.44 bits per heavy atom. The van der Waals surface area contributed by atoms with E-state index in [0.29, 0.717) is 0 Å². The van der Waals surface area contributed by atoms with Crippen LogP contribution in [0.2, 0.25) is 5.02 Å². The Morgan fingerprint density at radius 2 is 2.17 bits per heavy atom. The summed E-state index contributed by atoms with van der Waals surface area (Å²) in [6.45, 7) is 6.31. The van der Waals surface area contributed by atoms with Gasteiger partial charge < -0.3 is 10.6 Å². The molecule has 2 N–H and O–H groups in total. The van der Waals surface area contributed by atoms with Crippen LogP contribution < -0.4 is 10.6 Å². The number of rotatable bonds is 5. The van der Waals surface area contributed by atoms with Crippen LogP contribution in [-0.2, 0) is 0 Å². The first kappa shape index (κ1) is 13.7. The van der Waals surface area contributed by atoms with Gasteiger partial charge >= 0.3 is 0 Å². The molecule has 1 aromatic rings. The molecule has 1 aliphatic carbocycles. The molecule has 1 aromatic carbocycles. The second kappa shape index (κ2) is 5.94. The van der Waals surface area contributed by atoms with E-state index in [4.69, 9.17) is 17.3 Å². The van der Waals surface area contributed by atoms with Crippen molar-refractivity contribution in [2.75, 3.05) is 18.0 Å². The number of anilines is 1. The Morgan fingerprint density at radius 3 is 2.61 bits per heavy atom. The average Bonchev–Trinajstić information content (AvgIpc) is 2.29. The molecule has 0 bridgehead atoms. The fraction of sp³-hybridized carbons (Fsp3) is 0.600. The molecule has 1 fully saturated rings. The highest BCUT2D eigenvalue weighted by Crippen LogP contribution is 2.32. The van der Waals surface area contributed by atoms with Crippen molar-refractivity contribution in [3.8, 4) is 0 Å². The summed E-state index contributed by atoms with van der Waals surface area (Å²) >= 11 is 6.39. The van der Waals surface area contributed by atoms with E-state index in [1.54, 1.807) is 0 Å². The van der Waals surface area contributed by atoms with Crippen molar-refractivity contribution in [2.24, 2.45) is 11.7 Å². The number of nitrogens with two attached hydrogens (primary N) is 1. The molecular formula is C15H23ClN2. The van der Waals surface area contributed by atoms with Gasteiger partial charge in [-0.15, -0.1) is 0 Å². The first-order chi connectivity index (χ1) is 8.61. The molecule has 0 radical (unpaired) electrons. The van der Waals surface area contributed by atoms with Gasteiger partial charge in [0.15, 0.2) is 0 Å². The molecule has 1 aliphatic rings. The van der Waals surface area contributed by atoms with Crippen LogP contribution >= 0.6 is 11.6 Å². The summed E-state index contributed by atoms with van der Waals surface area (Å²) in [7, 11) is 0. The maximum Gasteiger partial charge on any atom is 0.0642 e. The maximum absolute atomic E-state index is 6.39. The number of halogens is 1. The fourth-order valence-electron chi connectivity index (χ4n) is 2.45. The van der Waals surface area contributed by atoms with Gasteiger partial charge in [-0.2, -0.15) is 0 Å². The molecule has 1 atom stereocenters. The summed E-state index contributed by atoms with van der Waals surface area (Å²) in [4.78, 5) is 2.39. The molecule has 18 heavy (non-hydrogen) atoms. The van der Waals surface area contributed by atoms with Gasteiger partial charge in [0.2, 0.25) is 0 Å². The highest BCUT2D eigenvalue weighted by atomic mass is 35.5. The lowest BCUT2D eigenvalue weighted by Crippen LogP contribution is -2.32. The average molecular weight is 267 g/mol. The number of nitrogens with zero attached hydrogens (tertiary/aromatic N) is 1. The van der Waals surface area contributed by atoms with Crippen LogP contribution in [0.5, 0.6) is 0 Å². The molecule has 2 rings (SSSR count). The Hall–Kier alpha value is -0.730. The van der Waals surface area contributed by atoms with Crippen molar-refractivity contribution >= 4 is 17.3 Å². The van der Waals surface area contributed by atoms with Crippen LogP contribution in [0.25, 0.3) is 0 Å². The Bertz CT molecular complexity index is 399. The molecule has 0 aromatic heterocycles. The minimum absolute atomic E-state index is 0.0401. The summed E-state index contributed by atoms with van der Waals surface area (Å²) in [5.74, 6) is 0.856. The minimum Gasteiger partial charge on any atom is -0.370 e. The van der Waals surface area contributed by atoms with Crippen LogP contribution in [0.1, 0.15) is 44.7 Å². The second-order valence-electron chi connectivity index (χ2n) is 5.34. The van der Waals surface area contributed by atoms with E-state index in [2.05, 4.69) is 24.0 Å². The predicted molar refractivity (Wildman–Crippen MR) is 79.3 cm³/mol. The zero-order valence-corrected chi connectivity index (χ0v) is 12.1. The van der Waals surface area contributed by atoms with Crippen LogP contribution in [0.15, 0.2) is 18.2 Å². The molecule has 0 aliphatic heterocycles. The van der Waals surface area contributed by atoms with Crippen molar-refractivity contribution in [1.29, 1.82) is 0 Å². The number of hydrogen-bond acceptors (Lipinski definition) is 2. The third-order valence-electron chi connectivity index (χ3n) is 3.92. The zero-order chi connectivity index (χ0) is 13.1. The molecule has 0 amide bonds. The van der Waals surface area contributed by atoms with E-state index >= 15 is 0 Å². The Balaban J connectivity index is 2.14. The molecule has 0 saturated heterocycles. The van der Waals surface area contributed by atoms with Crippen molar-refractivity contribution in [2.45, 2.75) is 39.2 Å². The highest BCUT2D eigenvalue weighted by Gasteiger charge is 2.21. The smallest absolute Gasteiger partial charge is 0.0642 e. The van der Waals surface area contributed by atoms with Crippen LogP contribution in [0, 0.1) is 5.92 Å².